The minimum atomic E-state index is -0.536. The lowest BCUT2D eigenvalue weighted by Crippen LogP contribution is -2.42. The van der Waals surface area contributed by atoms with Gasteiger partial charge in [0.1, 0.15) is 11.9 Å². The molecule has 0 bridgehead atoms. The van der Waals surface area contributed by atoms with Crippen molar-refractivity contribution in [2.75, 3.05) is 11.4 Å². The summed E-state index contributed by atoms with van der Waals surface area (Å²) >= 11 is 0. The average molecular weight is 324 g/mol. The summed E-state index contributed by atoms with van der Waals surface area (Å²) in [5.41, 5.74) is 1.42. The van der Waals surface area contributed by atoms with Gasteiger partial charge in [0.25, 0.3) is 5.56 Å². The van der Waals surface area contributed by atoms with E-state index in [-0.39, 0.29) is 11.6 Å². The van der Waals surface area contributed by atoms with Gasteiger partial charge in [0.05, 0.1) is 6.04 Å². The van der Waals surface area contributed by atoms with E-state index in [2.05, 4.69) is 19.1 Å². The molecule has 6 heteroatoms. The van der Waals surface area contributed by atoms with Crippen LogP contribution in [0.4, 0.5) is 5.82 Å². The van der Waals surface area contributed by atoms with Gasteiger partial charge in [0.2, 0.25) is 0 Å². The van der Waals surface area contributed by atoms with Crippen molar-refractivity contribution in [3.63, 3.8) is 0 Å². The van der Waals surface area contributed by atoms with Crippen LogP contribution in [0.5, 0.6) is 0 Å². The summed E-state index contributed by atoms with van der Waals surface area (Å²) in [6, 6.07) is 10.2. The highest BCUT2D eigenvalue weighted by Gasteiger charge is 2.32. The van der Waals surface area contributed by atoms with E-state index in [1.165, 1.54) is 22.7 Å². The third kappa shape index (κ3) is 2.33. The van der Waals surface area contributed by atoms with Gasteiger partial charge in [-0.2, -0.15) is 5.26 Å². The van der Waals surface area contributed by atoms with Crippen molar-refractivity contribution in [2.45, 2.75) is 25.8 Å². The van der Waals surface area contributed by atoms with E-state index in [1.807, 2.05) is 23.1 Å². The third-order valence-corrected chi connectivity index (χ3v) is 4.82. The average Bonchev–Trinajstić information content (AvgIpc) is 3.05. The lowest BCUT2D eigenvalue weighted by molar-refractivity contribution is 0.636. The molecule has 124 valence electrons. The molecule has 24 heavy (non-hydrogen) atoms. The fourth-order valence-corrected chi connectivity index (χ4v) is 3.57. The standard InChI is InChI=1S/C18H20N4O2/c1-12-7-4-5-8-13(12)15-9-6-10-22(15)16-14(11-19)17(23)21(3)18(24)20(16)2/h4-5,7-8,15H,6,9-10H2,1-3H3. The van der Waals surface area contributed by atoms with Gasteiger partial charge in [-0.15, -0.1) is 0 Å². The molecule has 1 aromatic heterocycles. The fraction of sp³-hybridized carbons (Fsp3) is 0.389. The predicted molar refractivity (Wildman–Crippen MR) is 92.1 cm³/mol. The summed E-state index contributed by atoms with van der Waals surface area (Å²) in [7, 11) is 3.02. The summed E-state index contributed by atoms with van der Waals surface area (Å²) in [5.74, 6) is 0.427. The van der Waals surface area contributed by atoms with Crippen molar-refractivity contribution in [2.24, 2.45) is 14.1 Å². The summed E-state index contributed by atoms with van der Waals surface area (Å²) in [6.07, 6.45) is 1.88. The van der Waals surface area contributed by atoms with Crippen LogP contribution < -0.4 is 16.1 Å². The molecule has 1 aliphatic heterocycles. The molecule has 0 N–H and O–H groups in total. The van der Waals surface area contributed by atoms with Crippen molar-refractivity contribution in [3.05, 3.63) is 61.8 Å². The van der Waals surface area contributed by atoms with Crippen LogP contribution >= 0.6 is 0 Å². The molecule has 1 fully saturated rings. The van der Waals surface area contributed by atoms with Gasteiger partial charge in [0.15, 0.2) is 5.56 Å². The van der Waals surface area contributed by atoms with E-state index in [0.29, 0.717) is 12.4 Å². The number of hydrogen-bond acceptors (Lipinski definition) is 4. The zero-order valence-corrected chi connectivity index (χ0v) is 14.1. The molecule has 6 nitrogen and oxygen atoms in total. The van der Waals surface area contributed by atoms with Crippen LogP contribution in [0.25, 0.3) is 0 Å². The Bertz CT molecular complexity index is 949. The molecule has 0 saturated carbocycles. The number of aromatic nitrogens is 2. The van der Waals surface area contributed by atoms with Gasteiger partial charge in [-0.05, 0) is 30.9 Å². The molecular formula is C18H20N4O2. The third-order valence-electron chi connectivity index (χ3n) is 4.82. The molecule has 1 saturated heterocycles. The Morgan fingerprint density at radius 3 is 2.54 bits per heavy atom. The van der Waals surface area contributed by atoms with E-state index in [9.17, 15) is 14.9 Å². The van der Waals surface area contributed by atoms with Gasteiger partial charge in [0, 0.05) is 20.6 Å². The highest BCUT2D eigenvalue weighted by molar-refractivity contribution is 5.56. The summed E-state index contributed by atoms with van der Waals surface area (Å²) in [5, 5.41) is 9.51. The predicted octanol–water partition coefficient (Wildman–Crippen LogP) is 1.61. The summed E-state index contributed by atoms with van der Waals surface area (Å²) < 4.78 is 2.40. The fourth-order valence-electron chi connectivity index (χ4n) is 3.57. The monoisotopic (exact) mass is 324 g/mol. The highest BCUT2D eigenvalue weighted by Crippen LogP contribution is 2.37. The molecule has 1 atom stereocenters. The Balaban J connectivity index is 2.23. The van der Waals surface area contributed by atoms with E-state index >= 15 is 0 Å². The summed E-state index contributed by atoms with van der Waals surface area (Å²) in [6.45, 7) is 2.77. The van der Waals surface area contributed by atoms with E-state index in [0.717, 1.165) is 17.4 Å². The van der Waals surface area contributed by atoms with Crippen molar-refractivity contribution >= 4 is 5.82 Å². The highest BCUT2D eigenvalue weighted by atomic mass is 16.2. The number of aryl methyl sites for hydroxylation is 1. The largest absolute Gasteiger partial charge is 0.350 e. The van der Waals surface area contributed by atoms with Gasteiger partial charge in [-0.1, -0.05) is 24.3 Å². The molecule has 0 amide bonds. The van der Waals surface area contributed by atoms with Crippen LogP contribution in [0, 0.1) is 18.3 Å². The molecule has 1 aliphatic rings. The van der Waals surface area contributed by atoms with E-state index in [4.69, 9.17) is 0 Å². The molecule has 3 rings (SSSR count). The normalized spacial score (nSPS) is 17.1. The first-order chi connectivity index (χ1) is 11.5. The maximum Gasteiger partial charge on any atom is 0.332 e. The van der Waals surface area contributed by atoms with Gasteiger partial charge in [-0.25, -0.2) is 4.79 Å². The number of nitrogens with zero attached hydrogens (tertiary/aromatic N) is 4. The van der Waals surface area contributed by atoms with Crippen LogP contribution in [0.3, 0.4) is 0 Å². The smallest absolute Gasteiger partial charge is 0.332 e. The quantitative estimate of drug-likeness (QED) is 0.841. The Labute approximate surface area is 140 Å². The van der Waals surface area contributed by atoms with Crippen LogP contribution in [0.1, 0.15) is 35.6 Å². The number of hydrogen-bond donors (Lipinski definition) is 0. The molecule has 0 spiro atoms. The SMILES string of the molecule is Cc1ccccc1C1CCCN1c1c(C#N)c(=O)n(C)c(=O)n1C. The number of rotatable bonds is 2. The maximum absolute atomic E-state index is 12.4. The van der Waals surface area contributed by atoms with Crippen molar-refractivity contribution in [3.8, 4) is 6.07 Å². The topological polar surface area (TPSA) is 71.0 Å². The molecule has 1 aromatic carbocycles. The van der Waals surface area contributed by atoms with E-state index < -0.39 is 11.2 Å². The Hall–Kier alpha value is -2.81. The molecule has 1 unspecified atom stereocenters. The van der Waals surface area contributed by atoms with Gasteiger partial charge in [-0.3, -0.25) is 13.9 Å². The molecule has 2 heterocycles. The van der Waals surface area contributed by atoms with Crippen LogP contribution in [0.15, 0.2) is 33.9 Å². The molecule has 0 radical (unpaired) electrons. The molecule has 2 aromatic rings. The zero-order chi connectivity index (χ0) is 17.4. The van der Waals surface area contributed by atoms with Gasteiger partial charge < -0.3 is 4.90 Å². The Morgan fingerprint density at radius 1 is 1.17 bits per heavy atom. The van der Waals surface area contributed by atoms with Crippen LogP contribution in [-0.4, -0.2) is 15.7 Å². The van der Waals surface area contributed by atoms with Crippen molar-refractivity contribution in [1.82, 2.24) is 9.13 Å². The second-order valence-corrected chi connectivity index (χ2v) is 6.22. The number of nitriles is 1. The van der Waals surface area contributed by atoms with Crippen LogP contribution in [0.2, 0.25) is 0 Å². The lowest BCUT2D eigenvalue weighted by atomic mass is 9.99. The van der Waals surface area contributed by atoms with Crippen molar-refractivity contribution < 1.29 is 0 Å². The first kappa shape index (κ1) is 16.1. The number of anilines is 1. The zero-order valence-electron chi connectivity index (χ0n) is 14.1. The molecular weight excluding hydrogens is 304 g/mol. The number of benzene rings is 1. The molecule has 0 aliphatic carbocycles. The second-order valence-electron chi connectivity index (χ2n) is 6.22. The maximum atomic E-state index is 12.4. The summed E-state index contributed by atoms with van der Waals surface area (Å²) in [4.78, 5) is 26.7. The van der Waals surface area contributed by atoms with E-state index in [1.54, 1.807) is 7.05 Å². The first-order valence-electron chi connectivity index (χ1n) is 7.99. The van der Waals surface area contributed by atoms with Crippen LogP contribution in [-0.2, 0) is 14.1 Å². The Kier molecular flexibility index (Phi) is 4.02. The minimum Gasteiger partial charge on any atom is -0.350 e. The minimum absolute atomic E-state index is 0.0279. The lowest BCUT2D eigenvalue weighted by Gasteiger charge is -2.30. The second kappa shape index (κ2) is 6.00. The Morgan fingerprint density at radius 2 is 1.88 bits per heavy atom. The van der Waals surface area contributed by atoms with Gasteiger partial charge >= 0.3 is 5.69 Å². The first-order valence-corrected chi connectivity index (χ1v) is 7.99. The van der Waals surface area contributed by atoms with Crippen molar-refractivity contribution in [1.29, 1.82) is 5.26 Å².